The van der Waals surface area contributed by atoms with Crippen molar-refractivity contribution < 1.29 is 9.59 Å². The zero-order valence-corrected chi connectivity index (χ0v) is 18.2. The van der Waals surface area contributed by atoms with Crippen LogP contribution >= 0.6 is 11.8 Å². The number of nitrogens with zero attached hydrogens (tertiary/aromatic N) is 1. The molecule has 0 spiro atoms. The van der Waals surface area contributed by atoms with E-state index in [-0.39, 0.29) is 24.3 Å². The number of aromatic nitrogens is 2. The van der Waals surface area contributed by atoms with Gasteiger partial charge in [0.05, 0.1) is 11.5 Å². The molecule has 0 fully saturated rings. The first kappa shape index (κ1) is 21.6. The third-order valence-corrected chi connectivity index (χ3v) is 6.08. The Balaban J connectivity index is 1.68. The minimum absolute atomic E-state index is 0.0870. The smallest absolute Gasteiger partial charge is 0.326 e. The number of benzene rings is 2. The summed E-state index contributed by atoms with van der Waals surface area (Å²) in [6, 6.07) is 16.8. The van der Waals surface area contributed by atoms with Gasteiger partial charge in [-0.25, -0.2) is 4.79 Å². The van der Waals surface area contributed by atoms with Gasteiger partial charge in [-0.15, -0.1) is 11.8 Å². The average Bonchev–Trinajstić information content (AvgIpc) is 2.79. The topological polar surface area (TPSA) is 113 Å². The van der Waals surface area contributed by atoms with Gasteiger partial charge < -0.3 is 10.6 Å². The van der Waals surface area contributed by atoms with Crippen LogP contribution in [0.5, 0.6) is 0 Å². The van der Waals surface area contributed by atoms with Gasteiger partial charge >= 0.3 is 5.69 Å². The normalized spacial score (nSPS) is 15.0. The summed E-state index contributed by atoms with van der Waals surface area (Å²) in [6.07, 6.45) is 2.27. The number of thioether (sulfide) groups is 1. The molecule has 3 aromatic rings. The molecule has 1 atom stereocenters. The van der Waals surface area contributed by atoms with E-state index in [2.05, 4.69) is 15.6 Å². The largest absolute Gasteiger partial charge is 0.329 e. The summed E-state index contributed by atoms with van der Waals surface area (Å²) >= 11 is 1.54. The highest BCUT2D eigenvalue weighted by Gasteiger charge is 2.35. The predicted molar refractivity (Wildman–Crippen MR) is 124 cm³/mol. The Labute approximate surface area is 188 Å². The molecule has 32 heavy (non-hydrogen) atoms. The van der Waals surface area contributed by atoms with Crippen molar-refractivity contribution in [2.45, 2.75) is 30.2 Å². The molecular weight excluding hydrogens is 428 g/mol. The lowest BCUT2D eigenvalue weighted by molar-refractivity contribution is -0.123. The van der Waals surface area contributed by atoms with Crippen LogP contribution in [0.15, 0.2) is 69.1 Å². The molecule has 3 N–H and O–H groups in total. The number of anilines is 2. The monoisotopic (exact) mass is 450 g/mol. The summed E-state index contributed by atoms with van der Waals surface area (Å²) in [5, 5.41) is 5.43. The molecule has 0 aliphatic carbocycles. The molecule has 2 amide bonds. The van der Waals surface area contributed by atoms with Crippen LogP contribution in [0.25, 0.3) is 0 Å². The average molecular weight is 451 g/mol. The van der Waals surface area contributed by atoms with E-state index < -0.39 is 29.0 Å². The molecule has 1 aromatic heterocycles. The number of aryl methyl sites for hydroxylation is 1. The highest BCUT2D eigenvalue weighted by atomic mass is 32.2. The lowest BCUT2D eigenvalue weighted by Gasteiger charge is -2.26. The molecule has 2 heterocycles. The molecule has 0 saturated carbocycles. The molecule has 0 bridgehead atoms. The van der Waals surface area contributed by atoms with E-state index in [4.69, 9.17) is 0 Å². The number of rotatable bonds is 6. The molecule has 9 heteroatoms. The zero-order valence-electron chi connectivity index (χ0n) is 17.4. The third-order valence-electron chi connectivity index (χ3n) is 5.35. The maximum atomic E-state index is 13.1. The van der Waals surface area contributed by atoms with E-state index in [9.17, 15) is 19.2 Å². The van der Waals surface area contributed by atoms with Gasteiger partial charge in [0.25, 0.3) is 5.56 Å². The molecule has 8 nitrogen and oxygen atoms in total. The van der Waals surface area contributed by atoms with Crippen LogP contribution in [0.3, 0.4) is 0 Å². The van der Waals surface area contributed by atoms with Crippen LogP contribution in [0.2, 0.25) is 0 Å². The molecule has 4 rings (SSSR count). The summed E-state index contributed by atoms with van der Waals surface area (Å²) < 4.78 is 1.31. The van der Waals surface area contributed by atoms with Crippen LogP contribution in [-0.4, -0.2) is 27.6 Å². The lowest BCUT2D eigenvalue weighted by Crippen LogP contribution is -2.42. The third kappa shape index (κ3) is 4.52. The number of amides is 2. The van der Waals surface area contributed by atoms with Crippen LogP contribution in [0.1, 0.15) is 23.5 Å². The van der Waals surface area contributed by atoms with E-state index in [1.54, 1.807) is 6.07 Å². The maximum absolute atomic E-state index is 13.1. The van der Waals surface area contributed by atoms with Gasteiger partial charge in [0.1, 0.15) is 5.82 Å². The Kier molecular flexibility index (Phi) is 6.27. The van der Waals surface area contributed by atoms with Crippen LogP contribution < -0.4 is 21.9 Å². The first-order valence-corrected chi connectivity index (χ1v) is 11.3. The Morgan fingerprint density at radius 2 is 1.91 bits per heavy atom. The predicted octanol–water partition coefficient (Wildman–Crippen LogP) is 2.57. The summed E-state index contributed by atoms with van der Waals surface area (Å²) in [6.45, 7) is 0.242. The number of fused-ring (bicyclic) bond motifs is 1. The van der Waals surface area contributed by atoms with Crippen molar-refractivity contribution in [3.05, 3.63) is 86.6 Å². The van der Waals surface area contributed by atoms with Crippen molar-refractivity contribution in [2.75, 3.05) is 16.9 Å². The Morgan fingerprint density at radius 3 is 2.66 bits per heavy atom. The van der Waals surface area contributed by atoms with E-state index in [1.165, 1.54) is 16.3 Å². The number of carbonyl (C=O) groups is 2. The van der Waals surface area contributed by atoms with E-state index in [1.807, 2.05) is 54.8 Å². The van der Waals surface area contributed by atoms with Gasteiger partial charge in [-0.05, 0) is 36.4 Å². The number of nitrogens with one attached hydrogen (secondary N) is 3. The summed E-state index contributed by atoms with van der Waals surface area (Å²) in [7, 11) is 0. The van der Waals surface area contributed by atoms with Crippen molar-refractivity contribution in [3.63, 3.8) is 0 Å². The maximum Gasteiger partial charge on any atom is 0.329 e. The second-order valence-electron chi connectivity index (χ2n) is 7.43. The Hall–Kier alpha value is -3.59. The summed E-state index contributed by atoms with van der Waals surface area (Å²) in [5.41, 5.74) is 0.376. The van der Waals surface area contributed by atoms with Gasteiger partial charge in [0.2, 0.25) is 11.8 Å². The van der Waals surface area contributed by atoms with Crippen LogP contribution in [0, 0.1) is 0 Å². The fraction of sp³-hybridized carbons (Fsp3) is 0.217. The summed E-state index contributed by atoms with van der Waals surface area (Å²) in [5.74, 6) is -1.82. The molecule has 1 aliphatic heterocycles. The van der Waals surface area contributed by atoms with Crippen molar-refractivity contribution in [2.24, 2.45) is 0 Å². The fourth-order valence-electron chi connectivity index (χ4n) is 3.77. The van der Waals surface area contributed by atoms with E-state index in [0.29, 0.717) is 12.1 Å². The minimum Gasteiger partial charge on any atom is -0.326 e. The lowest BCUT2D eigenvalue weighted by atomic mass is 9.92. The van der Waals surface area contributed by atoms with Crippen molar-refractivity contribution >= 4 is 35.1 Å². The fourth-order valence-corrected chi connectivity index (χ4v) is 4.23. The molecular formula is C23H22N4O4S. The Morgan fingerprint density at radius 1 is 1.12 bits per heavy atom. The first-order valence-electron chi connectivity index (χ1n) is 10.1. The highest BCUT2D eigenvalue weighted by Crippen LogP contribution is 2.30. The Bertz CT molecular complexity index is 1280. The number of hydrogen-bond acceptors (Lipinski definition) is 5. The second kappa shape index (κ2) is 9.27. The van der Waals surface area contributed by atoms with Gasteiger partial charge in [0.15, 0.2) is 0 Å². The number of aromatic amines is 1. The standard InChI is InChI=1S/C23H22N4O4S/c1-32-16-9-5-8-15(12-16)24-21(29)17-13-18(28)25-20-19(17)22(30)26-23(31)27(20)11-10-14-6-3-2-4-7-14/h2-9,12,17H,10-11,13H2,1H3,(H,24,29)(H,25,28)(H,26,30,31)/t17-/m1/s1. The van der Waals surface area contributed by atoms with Gasteiger partial charge in [-0.2, -0.15) is 0 Å². The second-order valence-corrected chi connectivity index (χ2v) is 8.31. The van der Waals surface area contributed by atoms with Crippen molar-refractivity contribution in [1.82, 2.24) is 9.55 Å². The van der Waals surface area contributed by atoms with E-state index >= 15 is 0 Å². The number of carbonyl (C=O) groups excluding carboxylic acids is 2. The van der Waals surface area contributed by atoms with E-state index in [0.717, 1.165) is 10.5 Å². The van der Waals surface area contributed by atoms with Crippen molar-refractivity contribution in [3.8, 4) is 0 Å². The molecule has 0 saturated heterocycles. The molecule has 164 valence electrons. The summed E-state index contributed by atoms with van der Waals surface area (Å²) in [4.78, 5) is 54.0. The minimum atomic E-state index is -1.01. The van der Waals surface area contributed by atoms with Gasteiger partial charge in [0, 0.05) is 23.5 Å². The molecule has 1 aliphatic rings. The quantitative estimate of drug-likeness (QED) is 0.500. The first-order chi connectivity index (χ1) is 15.5. The number of hydrogen-bond donors (Lipinski definition) is 3. The molecule has 0 radical (unpaired) electrons. The van der Waals surface area contributed by atoms with Crippen LogP contribution in [-0.2, 0) is 22.6 Å². The number of H-pyrrole nitrogens is 1. The van der Waals surface area contributed by atoms with Crippen molar-refractivity contribution in [1.29, 1.82) is 0 Å². The SMILES string of the molecule is CSc1cccc(NC(=O)[C@@H]2CC(=O)Nc3c2c(=O)[nH]c(=O)n3CCc2ccccc2)c1. The molecule has 2 aromatic carbocycles. The van der Waals surface area contributed by atoms with Gasteiger partial charge in [-0.3, -0.25) is 23.9 Å². The zero-order chi connectivity index (χ0) is 22.7. The van der Waals surface area contributed by atoms with Crippen LogP contribution in [0.4, 0.5) is 11.5 Å². The van der Waals surface area contributed by atoms with Gasteiger partial charge in [-0.1, -0.05) is 36.4 Å². The highest BCUT2D eigenvalue weighted by molar-refractivity contribution is 7.98. The molecule has 0 unspecified atom stereocenters.